The van der Waals surface area contributed by atoms with E-state index in [1.807, 2.05) is 27.9 Å². The van der Waals surface area contributed by atoms with Crippen LogP contribution in [0.5, 0.6) is 0 Å². The predicted octanol–water partition coefficient (Wildman–Crippen LogP) is 0.606. The number of nitriles is 1. The zero-order valence-electron chi connectivity index (χ0n) is 12.4. The first kappa shape index (κ1) is 13.7. The standard InChI is InChI=1S/C15H15N7O/c16-3-1-11(23)8-20-5-6-21(10-20)22-9-19-13-7-18-15-12(14(13)22)2-4-17-15/h2,4,7,9H,1,5-6,8,10H2,(H,17,18). The van der Waals surface area contributed by atoms with Gasteiger partial charge in [0.25, 0.3) is 0 Å². The number of carbonyl (C=O) groups is 1. The number of aromatic amines is 1. The van der Waals surface area contributed by atoms with Crippen LogP contribution in [-0.4, -0.2) is 56.6 Å². The molecular weight excluding hydrogens is 294 g/mol. The molecule has 4 rings (SSSR count). The molecule has 8 heteroatoms. The largest absolute Gasteiger partial charge is 0.346 e. The predicted molar refractivity (Wildman–Crippen MR) is 84.1 cm³/mol. The van der Waals surface area contributed by atoms with E-state index in [9.17, 15) is 4.79 Å². The molecule has 1 aliphatic rings. The Balaban J connectivity index is 1.62. The van der Waals surface area contributed by atoms with Crippen LogP contribution in [0.4, 0.5) is 0 Å². The van der Waals surface area contributed by atoms with Crippen molar-refractivity contribution in [1.29, 1.82) is 5.26 Å². The second kappa shape index (κ2) is 5.37. The summed E-state index contributed by atoms with van der Waals surface area (Å²) in [4.78, 5) is 25.6. The monoisotopic (exact) mass is 309 g/mol. The molecule has 8 nitrogen and oxygen atoms in total. The smallest absolute Gasteiger partial charge is 0.160 e. The average molecular weight is 309 g/mol. The maximum absolute atomic E-state index is 11.6. The van der Waals surface area contributed by atoms with Gasteiger partial charge in [-0.3, -0.25) is 14.7 Å². The van der Waals surface area contributed by atoms with E-state index >= 15 is 0 Å². The maximum atomic E-state index is 11.6. The summed E-state index contributed by atoms with van der Waals surface area (Å²) in [6.07, 6.45) is 5.39. The number of Topliss-reactive ketones (excluding diaryl/α,β-unsaturated/α-hetero) is 1. The van der Waals surface area contributed by atoms with Gasteiger partial charge in [0, 0.05) is 24.7 Å². The molecule has 1 N–H and O–H groups in total. The van der Waals surface area contributed by atoms with Crippen molar-refractivity contribution in [3.63, 3.8) is 0 Å². The van der Waals surface area contributed by atoms with Crippen molar-refractivity contribution in [1.82, 2.24) is 24.5 Å². The highest BCUT2D eigenvalue weighted by atomic mass is 16.1. The molecule has 0 aliphatic carbocycles. The molecule has 1 aliphatic heterocycles. The van der Waals surface area contributed by atoms with Crippen molar-refractivity contribution in [3.8, 4) is 6.07 Å². The number of H-pyrrole nitrogens is 1. The molecule has 0 atom stereocenters. The van der Waals surface area contributed by atoms with Crippen molar-refractivity contribution in [2.24, 2.45) is 0 Å². The Kier molecular flexibility index (Phi) is 3.20. The van der Waals surface area contributed by atoms with Gasteiger partial charge in [0.2, 0.25) is 0 Å². The highest BCUT2D eigenvalue weighted by Crippen LogP contribution is 2.23. The number of fused-ring (bicyclic) bond motifs is 3. The minimum absolute atomic E-state index is 0.0276. The molecule has 0 amide bonds. The van der Waals surface area contributed by atoms with E-state index in [0.717, 1.165) is 35.2 Å². The molecule has 0 radical (unpaired) electrons. The molecular formula is C15H15N7O. The Morgan fingerprint density at radius 2 is 2.30 bits per heavy atom. The summed E-state index contributed by atoms with van der Waals surface area (Å²) in [5.74, 6) is -0.0398. The Bertz CT molecular complexity index is 919. The average Bonchev–Trinajstić information content (AvgIpc) is 3.24. The lowest BCUT2D eigenvalue weighted by Gasteiger charge is -2.21. The normalized spacial score (nSPS) is 15.5. The number of hydrogen-bond donors (Lipinski definition) is 1. The zero-order valence-corrected chi connectivity index (χ0v) is 12.4. The van der Waals surface area contributed by atoms with Gasteiger partial charge in [0.1, 0.15) is 23.0 Å². The fraction of sp³-hybridized carbons (Fsp3) is 0.333. The van der Waals surface area contributed by atoms with Crippen LogP contribution in [0.25, 0.3) is 22.1 Å². The third kappa shape index (κ3) is 2.31. The summed E-state index contributed by atoms with van der Waals surface area (Å²) in [7, 11) is 0. The Labute approximate surface area is 131 Å². The first-order valence-corrected chi connectivity index (χ1v) is 7.41. The Morgan fingerprint density at radius 3 is 3.17 bits per heavy atom. The summed E-state index contributed by atoms with van der Waals surface area (Å²) < 4.78 is 2.03. The SMILES string of the molecule is N#CCC(=O)CN1CCN(n2cnc3cnc4[nH]ccc4c32)C1. The van der Waals surface area contributed by atoms with Gasteiger partial charge in [-0.05, 0) is 6.07 Å². The summed E-state index contributed by atoms with van der Waals surface area (Å²) in [6, 6.07) is 3.90. The van der Waals surface area contributed by atoms with Crippen LogP contribution >= 0.6 is 0 Å². The fourth-order valence-electron chi connectivity index (χ4n) is 3.04. The van der Waals surface area contributed by atoms with Crippen LogP contribution in [0.2, 0.25) is 0 Å². The van der Waals surface area contributed by atoms with Crippen LogP contribution < -0.4 is 5.01 Å². The van der Waals surface area contributed by atoms with E-state index in [2.05, 4.69) is 20.0 Å². The minimum atomic E-state index is -0.0398. The van der Waals surface area contributed by atoms with Gasteiger partial charge >= 0.3 is 0 Å². The van der Waals surface area contributed by atoms with Crippen LogP contribution in [0, 0.1) is 11.3 Å². The highest BCUT2D eigenvalue weighted by Gasteiger charge is 2.24. The first-order valence-electron chi connectivity index (χ1n) is 7.41. The summed E-state index contributed by atoms with van der Waals surface area (Å²) in [6.45, 7) is 2.55. The number of aromatic nitrogens is 4. The van der Waals surface area contributed by atoms with Crippen molar-refractivity contribution in [3.05, 3.63) is 24.8 Å². The zero-order chi connectivity index (χ0) is 15.8. The van der Waals surface area contributed by atoms with E-state index < -0.39 is 0 Å². The molecule has 0 bridgehead atoms. The lowest BCUT2D eigenvalue weighted by molar-refractivity contribution is -0.119. The lowest BCUT2D eigenvalue weighted by atomic mass is 10.3. The molecule has 1 saturated heterocycles. The van der Waals surface area contributed by atoms with Crippen molar-refractivity contribution < 1.29 is 4.79 Å². The number of imidazole rings is 1. The molecule has 116 valence electrons. The van der Waals surface area contributed by atoms with Crippen LogP contribution in [0.15, 0.2) is 24.8 Å². The van der Waals surface area contributed by atoms with E-state index in [1.165, 1.54) is 0 Å². The van der Waals surface area contributed by atoms with Crippen LogP contribution in [0.1, 0.15) is 6.42 Å². The van der Waals surface area contributed by atoms with Crippen molar-refractivity contribution in [2.75, 3.05) is 31.3 Å². The van der Waals surface area contributed by atoms with Gasteiger partial charge in [-0.2, -0.15) is 5.26 Å². The number of nitrogens with one attached hydrogen (secondary N) is 1. The van der Waals surface area contributed by atoms with E-state index in [0.29, 0.717) is 13.2 Å². The van der Waals surface area contributed by atoms with Crippen molar-refractivity contribution in [2.45, 2.75) is 6.42 Å². The molecule has 0 unspecified atom stereocenters. The first-order chi connectivity index (χ1) is 11.3. The second-order valence-electron chi connectivity index (χ2n) is 5.62. The fourth-order valence-corrected chi connectivity index (χ4v) is 3.04. The molecule has 0 saturated carbocycles. The Morgan fingerprint density at radius 1 is 1.39 bits per heavy atom. The number of nitrogens with zero attached hydrogens (tertiary/aromatic N) is 6. The maximum Gasteiger partial charge on any atom is 0.160 e. The van der Waals surface area contributed by atoms with E-state index in [1.54, 1.807) is 12.5 Å². The van der Waals surface area contributed by atoms with Crippen LogP contribution in [0.3, 0.4) is 0 Å². The molecule has 0 spiro atoms. The third-order valence-electron chi connectivity index (χ3n) is 4.09. The van der Waals surface area contributed by atoms with Gasteiger partial charge in [-0.15, -0.1) is 0 Å². The van der Waals surface area contributed by atoms with Gasteiger partial charge in [-0.25, -0.2) is 14.6 Å². The van der Waals surface area contributed by atoms with Gasteiger partial charge in [0.15, 0.2) is 5.78 Å². The molecule has 23 heavy (non-hydrogen) atoms. The summed E-state index contributed by atoms with van der Waals surface area (Å²) >= 11 is 0. The second-order valence-corrected chi connectivity index (χ2v) is 5.62. The number of carbonyl (C=O) groups excluding carboxylic acids is 1. The number of pyridine rings is 1. The number of hydrogen-bond acceptors (Lipinski definition) is 6. The number of rotatable bonds is 4. The lowest BCUT2D eigenvalue weighted by Crippen LogP contribution is -2.35. The summed E-state index contributed by atoms with van der Waals surface area (Å²) in [5.41, 5.74) is 2.69. The van der Waals surface area contributed by atoms with Gasteiger partial charge in [0.05, 0.1) is 31.9 Å². The van der Waals surface area contributed by atoms with Crippen LogP contribution in [-0.2, 0) is 4.79 Å². The van der Waals surface area contributed by atoms with Crippen molar-refractivity contribution >= 4 is 27.9 Å². The van der Waals surface area contributed by atoms with E-state index in [4.69, 9.17) is 5.26 Å². The minimum Gasteiger partial charge on any atom is -0.346 e. The van der Waals surface area contributed by atoms with Gasteiger partial charge in [-0.1, -0.05) is 0 Å². The van der Waals surface area contributed by atoms with E-state index in [-0.39, 0.29) is 12.2 Å². The number of ketones is 1. The summed E-state index contributed by atoms with van der Waals surface area (Å²) in [5, 5.41) is 11.8. The Hall–Kier alpha value is -2.92. The third-order valence-corrected chi connectivity index (χ3v) is 4.09. The quantitative estimate of drug-likeness (QED) is 0.759. The highest BCUT2D eigenvalue weighted by molar-refractivity contribution is 6.01. The van der Waals surface area contributed by atoms with Gasteiger partial charge < -0.3 is 4.98 Å². The molecule has 4 heterocycles. The molecule has 0 aromatic carbocycles. The topological polar surface area (TPSA) is 93.8 Å². The molecule has 3 aromatic heterocycles. The molecule has 3 aromatic rings. The molecule has 1 fully saturated rings.